The average Bonchev–Trinajstić information content (AvgIpc) is 2.89. The van der Waals surface area contributed by atoms with E-state index in [9.17, 15) is 0 Å². The highest BCUT2D eigenvalue weighted by Crippen LogP contribution is 2.10. The van der Waals surface area contributed by atoms with Crippen LogP contribution in [0.1, 0.15) is 18.2 Å². The molecule has 0 aliphatic carbocycles. The Balaban J connectivity index is 0.00000242. The van der Waals surface area contributed by atoms with Crippen LogP contribution in [0.4, 0.5) is 0 Å². The summed E-state index contributed by atoms with van der Waals surface area (Å²) in [6, 6.07) is 9.70. The van der Waals surface area contributed by atoms with Crippen LogP contribution in [0.15, 0.2) is 41.5 Å². The predicted molar refractivity (Wildman–Crippen MR) is 102 cm³/mol. The Bertz CT molecular complexity index is 594. The molecule has 1 aromatic carbocycles. The fourth-order valence-electron chi connectivity index (χ4n) is 1.85. The molecule has 0 aliphatic rings. The molecule has 1 aromatic heterocycles. The van der Waals surface area contributed by atoms with E-state index in [1.54, 1.807) is 6.20 Å². The minimum Gasteiger partial charge on any atom is -0.357 e. The summed E-state index contributed by atoms with van der Waals surface area (Å²) in [4.78, 5) is 4.56. The van der Waals surface area contributed by atoms with Crippen molar-refractivity contribution in [1.82, 2.24) is 20.4 Å². The third-order valence-corrected chi connectivity index (χ3v) is 3.29. The van der Waals surface area contributed by atoms with Crippen LogP contribution in [0.5, 0.6) is 0 Å². The van der Waals surface area contributed by atoms with Gasteiger partial charge in [-0.2, -0.15) is 5.10 Å². The molecule has 0 saturated heterocycles. The summed E-state index contributed by atoms with van der Waals surface area (Å²) in [6.45, 7) is 4.16. The van der Waals surface area contributed by atoms with E-state index in [2.05, 4.69) is 20.7 Å². The zero-order valence-electron chi connectivity index (χ0n) is 12.7. The SMILES string of the molecule is CCNC(=NCc1ccc(Cl)cc1)NCc1ccnn1C.I. The molecule has 2 aromatic rings. The topological polar surface area (TPSA) is 54.2 Å². The van der Waals surface area contributed by atoms with Crippen molar-refractivity contribution in [3.63, 3.8) is 0 Å². The molecule has 2 rings (SSSR count). The fraction of sp³-hybridized carbons (Fsp3) is 0.333. The lowest BCUT2D eigenvalue weighted by Gasteiger charge is -2.11. The Labute approximate surface area is 153 Å². The zero-order valence-corrected chi connectivity index (χ0v) is 15.8. The molecule has 0 bridgehead atoms. The highest BCUT2D eigenvalue weighted by Gasteiger charge is 2.01. The fourth-order valence-corrected chi connectivity index (χ4v) is 1.98. The van der Waals surface area contributed by atoms with Crippen LogP contribution >= 0.6 is 35.6 Å². The normalized spacial score (nSPS) is 11.0. The maximum Gasteiger partial charge on any atom is 0.191 e. The van der Waals surface area contributed by atoms with Crippen LogP contribution < -0.4 is 10.6 Å². The number of aryl methyl sites for hydroxylation is 1. The van der Waals surface area contributed by atoms with Crippen LogP contribution in [0.25, 0.3) is 0 Å². The first-order chi connectivity index (χ1) is 10.2. The third-order valence-electron chi connectivity index (χ3n) is 3.04. The van der Waals surface area contributed by atoms with Crippen molar-refractivity contribution >= 4 is 41.5 Å². The lowest BCUT2D eigenvalue weighted by atomic mass is 10.2. The molecule has 0 aliphatic heterocycles. The number of halogens is 2. The molecular weight excluding hydrogens is 413 g/mol. The van der Waals surface area contributed by atoms with Crippen molar-refractivity contribution in [3.05, 3.63) is 52.8 Å². The van der Waals surface area contributed by atoms with Crippen LogP contribution in [-0.2, 0) is 20.1 Å². The standard InChI is InChI=1S/C15H20ClN5.HI/c1-3-17-15(19-11-14-8-9-20-21(14)2)18-10-12-4-6-13(16)7-5-12;/h4-9H,3,10-11H2,1-2H3,(H2,17,18,19);1H. The van der Waals surface area contributed by atoms with Crippen LogP contribution in [0.2, 0.25) is 5.02 Å². The summed E-state index contributed by atoms with van der Waals surface area (Å²) in [5.41, 5.74) is 2.23. The number of nitrogens with one attached hydrogen (secondary N) is 2. The first kappa shape index (κ1) is 18.8. The number of hydrogen-bond donors (Lipinski definition) is 2. The molecule has 0 saturated carbocycles. The van der Waals surface area contributed by atoms with Gasteiger partial charge >= 0.3 is 0 Å². The van der Waals surface area contributed by atoms with Gasteiger partial charge in [-0.05, 0) is 30.7 Å². The van der Waals surface area contributed by atoms with Crippen molar-refractivity contribution in [2.24, 2.45) is 12.0 Å². The van der Waals surface area contributed by atoms with Gasteiger partial charge in [0.25, 0.3) is 0 Å². The molecule has 7 heteroatoms. The molecule has 22 heavy (non-hydrogen) atoms. The van der Waals surface area contributed by atoms with Crippen LogP contribution in [-0.4, -0.2) is 22.3 Å². The number of aromatic nitrogens is 2. The number of benzene rings is 1. The van der Waals surface area contributed by atoms with Crippen molar-refractivity contribution in [2.45, 2.75) is 20.0 Å². The summed E-state index contributed by atoms with van der Waals surface area (Å²) in [6.07, 6.45) is 1.79. The van der Waals surface area contributed by atoms with E-state index in [-0.39, 0.29) is 24.0 Å². The van der Waals surface area contributed by atoms with Crippen LogP contribution in [0.3, 0.4) is 0 Å². The van der Waals surface area contributed by atoms with Gasteiger partial charge in [-0.3, -0.25) is 4.68 Å². The second kappa shape index (κ2) is 9.68. The molecule has 2 N–H and O–H groups in total. The summed E-state index contributed by atoms with van der Waals surface area (Å²) >= 11 is 5.88. The van der Waals surface area contributed by atoms with Gasteiger partial charge in [0.05, 0.1) is 18.8 Å². The van der Waals surface area contributed by atoms with Crippen molar-refractivity contribution < 1.29 is 0 Å². The molecule has 0 radical (unpaired) electrons. The average molecular weight is 434 g/mol. The van der Waals surface area contributed by atoms with E-state index in [0.717, 1.165) is 28.8 Å². The van der Waals surface area contributed by atoms with Gasteiger partial charge in [0.15, 0.2) is 5.96 Å². The van der Waals surface area contributed by atoms with Gasteiger partial charge in [0, 0.05) is 24.8 Å². The van der Waals surface area contributed by atoms with E-state index in [4.69, 9.17) is 11.6 Å². The van der Waals surface area contributed by atoms with E-state index >= 15 is 0 Å². The summed E-state index contributed by atoms with van der Waals surface area (Å²) in [5.74, 6) is 0.786. The van der Waals surface area contributed by atoms with Gasteiger partial charge in [-0.25, -0.2) is 4.99 Å². The van der Waals surface area contributed by atoms with E-state index in [0.29, 0.717) is 13.1 Å². The molecule has 120 valence electrons. The second-order valence-corrected chi connectivity index (χ2v) is 5.06. The molecule has 0 unspecified atom stereocenters. The number of hydrogen-bond acceptors (Lipinski definition) is 2. The van der Waals surface area contributed by atoms with Crippen molar-refractivity contribution in [2.75, 3.05) is 6.54 Å². The minimum atomic E-state index is 0. The monoisotopic (exact) mass is 433 g/mol. The van der Waals surface area contributed by atoms with Gasteiger partial charge in [0.2, 0.25) is 0 Å². The highest BCUT2D eigenvalue weighted by molar-refractivity contribution is 14.0. The van der Waals surface area contributed by atoms with Gasteiger partial charge in [-0.1, -0.05) is 23.7 Å². The summed E-state index contributed by atoms with van der Waals surface area (Å²) in [5, 5.41) is 11.4. The molecular formula is C15H21ClIN5. The van der Waals surface area contributed by atoms with Gasteiger partial charge < -0.3 is 10.6 Å². The zero-order chi connectivity index (χ0) is 15.1. The summed E-state index contributed by atoms with van der Waals surface area (Å²) in [7, 11) is 1.93. The first-order valence-electron chi connectivity index (χ1n) is 6.92. The van der Waals surface area contributed by atoms with Crippen molar-refractivity contribution in [3.8, 4) is 0 Å². The Morgan fingerprint density at radius 1 is 1.23 bits per heavy atom. The summed E-state index contributed by atoms with van der Waals surface area (Å²) < 4.78 is 1.84. The Morgan fingerprint density at radius 3 is 2.55 bits per heavy atom. The third kappa shape index (κ3) is 5.84. The van der Waals surface area contributed by atoms with Crippen LogP contribution in [0, 0.1) is 0 Å². The quantitative estimate of drug-likeness (QED) is 0.433. The Morgan fingerprint density at radius 2 is 1.95 bits per heavy atom. The van der Waals surface area contributed by atoms with E-state index < -0.39 is 0 Å². The van der Waals surface area contributed by atoms with Crippen molar-refractivity contribution in [1.29, 1.82) is 0 Å². The molecule has 0 amide bonds. The lowest BCUT2D eigenvalue weighted by Crippen LogP contribution is -2.37. The van der Waals surface area contributed by atoms with E-state index in [1.165, 1.54) is 0 Å². The lowest BCUT2D eigenvalue weighted by molar-refractivity contribution is 0.685. The van der Waals surface area contributed by atoms with E-state index in [1.807, 2.05) is 49.0 Å². The molecule has 5 nitrogen and oxygen atoms in total. The number of nitrogens with zero attached hydrogens (tertiary/aromatic N) is 3. The maximum atomic E-state index is 5.88. The predicted octanol–water partition coefficient (Wildman–Crippen LogP) is 2.95. The molecule has 1 heterocycles. The number of aliphatic imine (C=N–C) groups is 1. The first-order valence-corrected chi connectivity index (χ1v) is 7.30. The Hall–Kier alpha value is -1.28. The maximum absolute atomic E-state index is 5.88. The Kier molecular flexibility index (Phi) is 8.26. The second-order valence-electron chi connectivity index (χ2n) is 4.62. The van der Waals surface area contributed by atoms with Gasteiger partial charge in [-0.15, -0.1) is 24.0 Å². The molecule has 0 spiro atoms. The number of guanidine groups is 1. The molecule has 0 fully saturated rings. The highest BCUT2D eigenvalue weighted by atomic mass is 127. The number of rotatable bonds is 5. The minimum absolute atomic E-state index is 0. The smallest absolute Gasteiger partial charge is 0.191 e. The molecule has 0 atom stereocenters. The van der Waals surface area contributed by atoms with Gasteiger partial charge in [0.1, 0.15) is 0 Å². The largest absolute Gasteiger partial charge is 0.357 e.